The van der Waals surface area contributed by atoms with E-state index in [4.69, 9.17) is 4.74 Å². The second-order valence-corrected chi connectivity index (χ2v) is 4.30. The maximum atomic E-state index is 13.3. The summed E-state index contributed by atoms with van der Waals surface area (Å²) >= 11 is 0. The molecule has 0 bridgehead atoms. The van der Waals surface area contributed by atoms with Crippen LogP contribution in [0, 0.1) is 5.82 Å². The Bertz CT molecular complexity index is 531. The number of hydrogen-bond donors (Lipinski definition) is 1. The number of aromatic nitrogens is 1. The Balaban J connectivity index is 2.16. The van der Waals surface area contributed by atoms with Gasteiger partial charge in [-0.05, 0) is 32.2 Å². The SMILES string of the molecule is CNC(C)c1ccc(F)cc1OCc1ccccn1. The average molecular weight is 260 g/mol. The summed E-state index contributed by atoms with van der Waals surface area (Å²) in [5.74, 6) is 0.246. The van der Waals surface area contributed by atoms with E-state index in [1.165, 1.54) is 12.1 Å². The van der Waals surface area contributed by atoms with Gasteiger partial charge in [-0.3, -0.25) is 4.98 Å². The van der Waals surface area contributed by atoms with Crippen LogP contribution in [0.3, 0.4) is 0 Å². The second kappa shape index (κ2) is 6.29. The van der Waals surface area contributed by atoms with Gasteiger partial charge in [0.15, 0.2) is 0 Å². The van der Waals surface area contributed by atoms with Gasteiger partial charge in [-0.25, -0.2) is 4.39 Å². The summed E-state index contributed by atoms with van der Waals surface area (Å²) in [6.45, 7) is 2.33. The maximum Gasteiger partial charge on any atom is 0.130 e. The predicted molar refractivity (Wildman–Crippen MR) is 72.4 cm³/mol. The fraction of sp³-hybridized carbons (Fsp3) is 0.267. The summed E-state index contributed by atoms with van der Waals surface area (Å²) in [6.07, 6.45) is 1.71. The fourth-order valence-corrected chi connectivity index (χ4v) is 1.78. The molecule has 2 rings (SSSR count). The molecular formula is C15H17FN2O. The first-order valence-electron chi connectivity index (χ1n) is 6.20. The Labute approximate surface area is 112 Å². The smallest absolute Gasteiger partial charge is 0.130 e. The van der Waals surface area contributed by atoms with Crippen LogP contribution in [-0.4, -0.2) is 12.0 Å². The van der Waals surface area contributed by atoms with Crippen molar-refractivity contribution in [3.8, 4) is 5.75 Å². The zero-order valence-corrected chi connectivity index (χ0v) is 11.1. The third-order valence-electron chi connectivity index (χ3n) is 2.98. The molecule has 0 saturated carbocycles. The van der Waals surface area contributed by atoms with E-state index in [2.05, 4.69) is 10.3 Å². The van der Waals surface area contributed by atoms with Crippen LogP contribution in [0.5, 0.6) is 5.75 Å². The first-order chi connectivity index (χ1) is 9.20. The van der Waals surface area contributed by atoms with Crippen LogP contribution in [0.25, 0.3) is 0 Å². The van der Waals surface area contributed by atoms with Gasteiger partial charge in [-0.2, -0.15) is 0 Å². The molecular weight excluding hydrogens is 243 g/mol. The summed E-state index contributed by atoms with van der Waals surface area (Å²) < 4.78 is 19.0. The lowest BCUT2D eigenvalue weighted by Gasteiger charge is -2.16. The molecule has 1 aromatic heterocycles. The Kier molecular flexibility index (Phi) is 4.47. The number of halogens is 1. The number of ether oxygens (including phenoxy) is 1. The summed E-state index contributed by atoms with van der Waals surface area (Å²) in [4.78, 5) is 4.18. The number of benzene rings is 1. The van der Waals surface area contributed by atoms with Crippen molar-refractivity contribution in [2.75, 3.05) is 7.05 Å². The van der Waals surface area contributed by atoms with Gasteiger partial charge in [0, 0.05) is 23.9 Å². The van der Waals surface area contributed by atoms with E-state index in [0.29, 0.717) is 12.4 Å². The van der Waals surface area contributed by atoms with Gasteiger partial charge < -0.3 is 10.1 Å². The summed E-state index contributed by atoms with van der Waals surface area (Å²) in [6, 6.07) is 10.3. The molecule has 0 aliphatic heterocycles. The Morgan fingerprint density at radius 3 is 2.84 bits per heavy atom. The molecule has 100 valence electrons. The van der Waals surface area contributed by atoms with Crippen molar-refractivity contribution in [1.29, 1.82) is 0 Å². The largest absolute Gasteiger partial charge is 0.487 e. The molecule has 3 nitrogen and oxygen atoms in total. The molecule has 2 aromatic rings. The van der Waals surface area contributed by atoms with Crippen LogP contribution < -0.4 is 10.1 Å². The van der Waals surface area contributed by atoms with E-state index in [1.807, 2.05) is 32.2 Å². The lowest BCUT2D eigenvalue weighted by atomic mass is 10.1. The van der Waals surface area contributed by atoms with Crippen molar-refractivity contribution >= 4 is 0 Å². The molecule has 0 radical (unpaired) electrons. The van der Waals surface area contributed by atoms with E-state index >= 15 is 0 Å². The first-order valence-corrected chi connectivity index (χ1v) is 6.20. The number of pyridine rings is 1. The Morgan fingerprint density at radius 2 is 2.16 bits per heavy atom. The lowest BCUT2D eigenvalue weighted by molar-refractivity contribution is 0.294. The van der Waals surface area contributed by atoms with Crippen LogP contribution in [0.2, 0.25) is 0 Å². The zero-order chi connectivity index (χ0) is 13.7. The quantitative estimate of drug-likeness (QED) is 0.897. The minimum atomic E-state index is -0.303. The standard InChI is InChI=1S/C15H17FN2O/c1-11(17-2)14-7-6-12(16)9-15(14)19-10-13-5-3-4-8-18-13/h3-9,11,17H,10H2,1-2H3. The molecule has 0 fully saturated rings. The summed E-state index contributed by atoms with van der Waals surface area (Å²) in [5.41, 5.74) is 1.75. The second-order valence-electron chi connectivity index (χ2n) is 4.30. The normalized spacial score (nSPS) is 12.2. The average Bonchev–Trinajstić information content (AvgIpc) is 2.45. The molecule has 0 aliphatic carbocycles. The monoisotopic (exact) mass is 260 g/mol. The molecule has 4 heteroatoms. The van der Waals surface area contributed by atoms with Gasteiger partial charge in [0.05, 0.1) is 5.69 Å². The van der Waals surface area contributed by atoms with Crippen molar-refractivity contribution in [3.05, 3.63) is 59.7 Å². The van der Waals surface area contributed by atoms with Gasteiger partial charge in [0.1, 0.15) is 18.2 Å². The third-order valence-corrected chi connectivity index (χ3v) is 2.98. The van der Waals surface area contributed by atoms with Gasteiger partial charge in [-0.15, -0.1) is 0 Å². The molecule has 0 aliphatic rings. The predicted octanol–water partition coefficient (Wildman–Crippen LogP) is 3.08. The number of hydrogen-bond acceptors (Lipinski definition) is 3. The molecule has 1 aromatic carbocycles. The Hall–Kier alpha value is -1.94. The lowest BCUT2D eigenvalue weighted by Crippen LogP contribution is -2.14. The maximum absolute atomic E-state index is 13.3. The molecule has 0 spiro atoms. The van der Waals surface area contributed by atoms with Gasteiger partial charge in [-0.1, -0.05) is 12.1 Å². The Morgan fingerprint density at radius 1 is 1.32 bits per heavy atom. The minimum absolute atomic E-state index is 0.0966. The van der Waals surface area contributed by atoms with Crippen molar-refractivity contribution in [2.45, 2.75) is 19.6 Å². The summed E-state index contributed by atoms with van der Waals surface area (Å²) in [5, 5.41) is 3.12. The topological polar surface area (TPSA) is 34.1 Å². The van der Waals surface area contributed by atoms with Gasteiger partial charge in [0.2, 0.25) is 0 Å². The van der Waals surface area contributed by atoms with E-state index in [0.717, 1.165) is 11.3 Å². The van der Waals surface area contributed by atoms with E-state index in [1.54, 1.807) is 12.3 Å². The molecule has 1 heterocycles. The molecule has 19 heavy (non-hydrogen) atoms. The van der Waals surface area contributed by atoms with Crippen molar-refractivity contribution in [2.24, 2.45) is 0 Å². The van der Waals surface area contributed by atoms with E-state index in [-0.39, 0.29) is 11.9 Å². The number of nitrogens with one attached hydrogen (secondary N) is 1. The van der Waals surface area contributed by atoms with E-state index < -0.39 is 0 Å². The molecule has 1 N–H and O–H groups in total. The first kappa shape index (κ1) is 13.5. The highest BCUT2D eigenvalue weighted by Gasteiger charge is 2.11. The number of nitrogens with zero attached hydrogens (tertiary/aromatic N) is 1. The van der Waals surface area contributed by atoms with Crippen molar-refractivity contribution < 1.29 is 9.13 Å². The molecule has 0 saturated heterocycles. The van der Waals surface area contributed by atoms with Crippen LogP contribution in [0.1, 0.15) is 24.2 Å². The zero-order valence-electron chi connectivity index (χ0n) is 11.1. The highest BCUT2D eigenvalue weighted by molar-refractivity contribution is 5.36. The van der Waals surface area contributed by atoms with Crippen molar-refractivity contribution in [3.63, 3.8) is 0 Å². The summed E-state index contributed by atoms with van der Waals surface area (Å²) in [7, 11) is 1.86. The third kappa shape index (κ3) is 3.51. The van der Waals surface area contributed by atoms with Crippen LogP contribution in [0.4, 0.5) is 4.39 Å². The minimum Gasteiger partial charge on any atom is -0.487 e. The van der Waals surface area contributed by atoms with Crippen LogP contribution >= 0.6 is 0 Å². The van der Waals surface area contributed by atoms with Gasteiger partial charge >= 0.3 is 0 Å². The molecule has 1 unspecified atom stereocenters. The van der Waals surface area contributed by atoms with Gasteiger partial charge in [0.25, 0.3) is 0 Å². The van der Waals surface area contributed by atoms with Crippen molar-refractivity contribution in [1.82, 2.24) is 10.3 Å². The molecule has 1 atom stereocenters. The van der Waals surface area contributed by atoms with E-state index in [9.17, 15) is 4.39 Å². The van der Waals surface area contributed by atoms with Crippen LogP contribution in [-0.2, 0) is 6.61 Å². The number of rotatable bonds is 5. The highest BCUT2D eigenvalue weighted by Crippen LogP contribution is 2.26. The highest BCUT2D eigenvalue weighted by atomic mass is 19.1. The molecule has 0 amide bonds. The van der Waals surface area contributed by atoms with Crippen LogP contribution in [0.15, 0.2) is 42.6 Å². The fourth-order valence-electron chi connectivity index (χ4n) is 1.78.